The number of amides is 1. The molecule has 1 aliphatic heterocycles. The van der Waals surface area contributed by atoms with Crippen molar-refractivity contribution in [3.8, 4) is 0 Å². The van der Waals surface area contributed by atoms with Crippen molar-refractivity contribution >= 4 is 11.6 Å². The molecule has 0 aromatic heterocycles. The number of benzene rings is 1. The molecule has 4 nitrogen and oxygen atoms in total. The van der Waals surface area contributed by atoms with Crippen LogP contribution in [0, 0.1) is 11.6 Å². The van der Waals surface area contributed by atoms with Gasteiger partial charge in [0.25, 0.3) is 0 Å². The molecule has 1 saturated heterocycles. The lowest BCUT2D eigenvalue weighted by molar-refractivity contribution is -0.117. The van der Waals surface area contributed by atoms with Crippen LogP contribution in [0.15, 0.2) is 18.2 Å². The van der Waals surface area contributed by atoms with Gasteiger partial charge in [0.15, 0.2) is 0 Å². The van der Waals surface area contributed by atoms with Crippen LogP contribution in [0.25, 0.3) is 0 Å². The maximum Gasteiger partial charge on any atom is 0.238 e. The highest BCUT2D eigenvalue weighted by atomic mass is 19.1. The quantitative estimate of drug-likeness (QED) is 0.844. The van der Waals surface area contributed by atoms with Gasteiger partial charge < -0.3 is 10.6 Å². The Bertz CT molecular complexity index is 490. The number of rotatable bonds is 6. The Balaban J connectivity index is 1.88. The van der Waals surface area contributed by atoms with Crippen molar-refractivity contribution < 1.29 is 13.6 Å². The normalized spacial score (nSPS) is 18.2. The van der Waals surface area contributed by atoms with Crippen LogP contribution in [0.5, 0.6) is 0 Å². The SMILES string of the molecule is CCN(CC(=O)Nc1cc(F)ccc1F)CC1CCCN1. The summed E-state index contributed by atoms with van der Waals surface area (Å²) in [5.74, 6) is -1.54. The van der Waals surface area contributed by atoms with E-state index in [4.69, 9.17) is 0 Å². The predicted molar refractivity (Wildman–Crippen MR) is 78.1 cm³/mol. The second-order valence-electron chi connectivity index (χ2n) is 5.29. The summed E-state index contributed by atoms with van der Waals surface area (Å²) in [6, 6.07) is 3.42. The van der Waals surface area contributed by atoms with Gasteiger partial charge in [-0.25, -0.2) is 8.78 Å². The van der Waals surface area contributed by atoms with Crippen molar-refractivity contribution in [3.63, 3.8) is 0 Å². The number of carbonyl (C=O) groups is 1. The first-order valence-electron chi connectivity index (χ1n) is 7.29. The Morgan fingerprint density at radius 1 is 1.48 bits per heavy atom. The van der Waals surface area contributed by atoms with E-state index in [2.05, 4.69) is 10.6 Å². The molecule has 1 aromatic carbocycles. The smallest absolute Gasteiger partial charge is 0.238 e. The molecule has 0 spiro atoms. The molecule has 116 valence electrons. The maximum atomic E-state index is 13.5. The standard InChI is InChI=1S/C15H21F2N3O/c1-2-20(9-12-4-3-7-18-12)10-15(21)19-14-8-11(16)5-6-13(14)17/h5-6,8,12,18H,2-4,7,9-10H2,1H3,(H,19,21). The Hall–Kier alpha value is -1.53. The van der Waals surface area contributed by atoms with Gasteiger partial charge in [0.05, 0.1) is 12.2 Å². The van der Waals surface area contributed by atoms with Gasteiger partial charge in [0.2, 0.25) is 5.91 Å². The zero-order valence-electron chi connectivity index (χ0n) is 12.2. The van der Waals surface area contributed by atoms with Gasteiger partial charge in [0.1, 0.15) is 11.6 Å². The molecule has 1 fully saturated rings. The van der Waals surface area contributed by atoms with Crippen molar-refractivity contribution in [2.75, 3.05) is 31.5 Å². The van der Waals surface area contributed by atoms with E-state index in [0.717, 1.165) is 50.7 Å². The van der Waals surface area contributed by atoms with E-state index in [1.807, 2.05) is 11.8 Å². The average Bonchev–Trinajstić information content (AvgIpc) is 2.95. The van der Waals surface area contributed by atoms with Gasteiger partial charge in [-0.1, -0.05) is 6.92 Å². The minimum absolute atomic E-state index is 0.116. The fourth-order valence-corrected chi connectivity index (χ4v) is 2.52. The molecule has 1 amide bonds. The van der Waals surface area contributed by atoms with E-state index in [1.165, 1.54) is 0 Å². The van der Waals surface area contributed by atoms with Gasteiger partial charge in [0, 0.05) is 18.7 Å². The van der Waals surface area contributed by atoms with E-state index >= 15 is 0 Å². The monoisotopic (exact) mass is 297 g/mol. The Labute approximate surface area is 123 Å². The number of likely N-dealkylation sites (N-methyl/N-ethyl adjacent to an activating group) is 1. The van der Waals surface area contributed by atoms with E-state index in [-0.39, 0.29) is 18.1 Å². The van der Waals surface area contributed by atoms with Crippen molar-refractivity contribution in [2.45, 2.75) is 25.8 Å². The Kier molecular flexibility index (Phi) is 5.64. The van der Waals surface area contributed by atoms with Crippen LogP contribution in [-0.4, -0.2) is 43.0 Å². The number of nitrogens with one attached hydrogen (secondary N) is 2. The molecule has 21 heavy (non-hydrogen) atoms. The summed E-state index contributed by atoms with van der Waals surface area (Å²) in [5, 5.41) is 5.80. The first kappa shape index (κ1) is 15.9. The highest BCUT2D eigenvalue weighted by Gasteiger charge is 2.19. The van der Waals surface area contributed by atoms with Gasteiger partial charge in [-0.05, 0) is 38.1 Å². The first-order chi connectivity index (χ1) is 10.1. The number of halogens is 2. The first-order valence-corrected chi connectivity index (χ1v) is 7.29. The predicted octanol–water partition coefficient (Wildman–Crippen LogP) is 1.98. The molecular formula is C15H21F2N3O. The van der Waals surface area contributed by atoms with Crippen LogP contribution in [0.4, 0.5) is 14.5 Å². The fourth-order valence-electron chi connectivity index (χ4n) is 2.52. The van der Waals surface area contributed by atoms with Crippen LogP contribution in [0.1, 0.15) is 19.8 Å². The Morgan fingerprint density at radius 3 is 2.95 bits per heavy atom. The molecule has 1 atom stereocenters. The molecule has 1 aliphatic rings. The van der Waals surface area contributed by atoms with Gasteiger partial charge in [-0.15, -0.1) is 0 Å². The third-order valence-corrected chi connectivity index (χ3v) is 3.66. The van der Waals surface area contributed by atoms with Crippen molar-refractivity contribution in [1.82, 2.24) is 10.2 Å². The molecule has 0 aliphatic carbocycles. The maximum absolute atomic E-state index is 13.5. The summed E-state index contributed by atoms with van der Waals surface area (Å²) in [6.07, 6.45) is 2.26. The highest BCUT2D eigenvalue weighted by Crippen LogP contribution is 2.15. The zero-order chi connectivity index (χ0) is 15.2. The lowest BCUT2D eigenvalue weighted by Gasteiger charge is -2.23. The van der Waals surface area contributed by atoms with Gasteiger partial charge in [-0.3, -0.25) is 9.69 Å². The topological polar surface area (TPSA) is 44.4 Å². The molecule has 0 saturated carbocycles. The molecule has 1 aromatic rings. The second-order valence-corrected chi connectivity index (χ2v) is 5.29. The van der Waals surface area contributed by atoms with Crippen LogP contribution >= 0.6 is 0 Å². The lowest BCUT2D eigenvalue weighted by Crippen LogP contribution is -2.41. The van der Waals surface area contributed by atoms with E-state index in [9.17, 15) is 13.6 Å². The molecule has 0 bridgehead atoms. The molecule has 0 radical (unpaired) electrons. The minimum Gasteiger partial charge on any atom is -0.322 e. The average molecular weight is 297 g/mol. The fraction of sp³-hybridized carbons (Fsp3) is 0.533. The third kappa shape index (κ3) is 4.75. The van der Waals surface area contributed by atoms with Crippen LogP contribution < -0.4 is 10.6 Å². The third-order valence-electron chi connectivity index (χ3n) is 3.66. The molecule has 1 heterocycles. The summed E-state index contributed by atoms with van der Waals surface area (Å²) in [4.78, 5) is 14.0. The van der Waals surface area contributed by atoms with E-state index in [0.29, 0.717) is 6.04 Å². The zero-order valence-corrected chi connectivity index (χ0v) is 12.2. The summed E-state index contributed by atoms with van der Waals surface area (Å²) >= 11 is 0. The molecule has 2 N–H and O–H groups in total. The van der Waals surface area contributed by atoms with E-state index < -0.39 is 11.6 Å². The van der Waals surface area contributed by atoms with Crippen molar-refractivity contribution in [2.24, 2.45) is 0 Å². The van der Waals surface area contributed by atoms with Crippen molar-refractivity contribution in [3.05, 3.63) is 29.8 Å². The summed E-state index contributed by atoms with van der Waals surface area (Å²) < 4.78 is 26.5. The number of hydrogen-bond acceptors (Lipinski definition) is 3. The number of anilines is 1. The molecule has 2 rings (SSSR count). The minimum atomic E-state index is -0.634. The number of nitrogens with zero attached hydrogens (tertiary/aromatic N) is 1. The second kappa shape index (κ2) is 7.47. The van der Waals surface area contributed by atoms with E-state index in [1.54, 1.807) is 0 Å². The number of carbonyl (C=O) groups excluding carboxylic acids is 1. The van der Waals surface area contributed by atoms with Gasteiger partial charge in [-0.2, -0.15) is 0 Å². The van der Waals surface area contributed by atoms with Crippen LogP contribution in [-0.2, 0) is 4.79 Å². The van der Waals surface area contributed by atoms with Crippen LogP contribution in [0.3, 0.4) is 0 Å². The highest BCUT2D eigenvalue weighted by molar-refractivity contribution is 5.92. The number of hydrogen-bond donors (Lipinski definition) is 2. The lowest BCUT2D eigenvalue weighted by atomic mass is 10.2. The van der Waals surface area contributed by atoms with Crippen LogP contribution in [0.2, 0.25) is 0 Å². The van der Waals surface area contributed by atoms with Gasteiger partial charge >= 0.3 is 0 Å². The summed E-state index contributed by atoms with van der Waals surface area (Å²) in [7, 11) is 0. The molecule has 1 unspecified atom stereocenters. The van der Waals surface area contributed by atoms with Crippen molar-refractivity contribution in [1.29, 1.82) is 0 Å². The summed E-state index contributed by atoms with van der Waals surface area (Å²) in [5.41, 5.74) is -0.116. The molecular weight excluding hydrogens is 276 g/mol. The largest absolute Gasteiger partial charge is 0.322 e. The summed E-state index contributed by atoms with van der Waals surface area (Å²) in [6.45, 7) is 4.69. The molecule has 6 heteroatoms. The Morgan fingerprint density at radius 2 is 2.29 bits per heavy atom.